The number of aliphatic hydroxyl groups is 1. The number of carbonyl (C=O) groups excluding carboxylic acids is 1. The number of hydrogen-bond donors (Lipinski definition) is 2. The van der Waals surface area contributed by atoms with Gasteiger partial charge in [-0.3, -0.25) is 9.69 Å². The number of rotatable bonds is 10. The molecule has 5 nitrogen and oxygen atoms in total. The van der Waals surface area contributed by atoms with Gasteiger partial charge in [-0.05, 0) is 12.8 Å². The van der Waals surface area contributed by atoms with E-state index in [-0.39, 0.29) is 12.5 Å². The van der Waals surface area contributed by atoms with Crippen LogP contribution in [0.1, 0.15) is 26.7 Å². The maximum absolute atomic E-state index is 11.6. The minimum atomic E-state index is -0.0117. The molecule has 0 saturated carbocycles. The molecule has 0 aliphatic carbocycles. The molecule has 0 atom stereocenters. The van der Waals surface area contributed by atoms with Gasteiger partial charge in [0.2, 0.25) is 5.91 Å². The van der Waals surface area contributed by atoms with Crippen LogP contribution in [0.2, 0.25) is 0 Å². The van der Waals surface area contributed by atoms with Crippen molar-refractivity contribution in [2.24, 2.45) is 0 Å². The molecule has 0 aromatic heterocycles. The summed E-state index contributed by atoms with van der Waals surface area (Å²) < 4.78 is 4.87. The van der Waals surface area contributed by atoms with E-state index < -0.39 is 0 Å². The van der Waals surface area contributed by atoms with Crippen molar-refractivity contribution in [2.75, 3.05) is 40.0 Å². The summed E-state index contributed by atoms with van der Waals surface area (Å²) in [6, 6.07) is 0.357. The third kappa shape index (κ3) is 7.31. The maximum atomic E-state index is 11.6. The third-order valence-electron chi connectivity index (χ3n) is 2.82. The van der Waals surface area contributed by atoms with Gasteiger partial charge in [0.25, 0.3) is 0 Å². The molecular formula is C12H26N2O3. The van der Waals surface area contributed by atoms with E-state index in [1.54, 1.807) is 7.11 Å². The number of amides is 1. The number of nitrogens with zero attached hydrogens (tertiary/aromatic N) is 1. The van der Waals surface area contributed by atoms with Crippen LogP contribution in [0.5, 0.6) is 0 Å². The fourth-order valence-corrected chi connectivity index (χ4v) is 1.86. The minimum Gasteiger partial charge on any atom is -0.395 e. The number of ether oxygens (including phenoxy) is 1. The highest BCUT2D eigenvalue weighted by atomic mass is 16.5. The first-order valence-electron chi connectivity index (χ1n) is 6.30. The van der Waals surface area contributed by atoms with Crippen molar-refractivity contribution in [2.45, 2.75) is 32.7 Å². The molecular weight excluding hydrogens is 220 g/mol. The SMILES string of the molecule is CCC(CC)N(CCO)CC(=O)NCCOC. The van der Waals surface area contributed by atoms with Crippen molar-refractivity contribution in [3.8, 4) is 0 Å². The Labute approximate surface area is 104 Å². The average molecular weight is 246 g/mol. The highest BCUT2D eigenvalue weighted by Gasteiger charge is 2.17. The van der Waals surface area contributed by atoms with Gasteiger partial charge < -0.3 is 15.2 Å². The van der Waals surface area contributed by atoms with Gasteiger partial charge in [-0.25, -0.2) is 0 Å². The van der Waals surface area contributed by atoms with E-state index in [4.69, 9.17) is 9.84 Å². The van der Waals surface area contributed by atoms with Gasteiger partial charge in [0.15, 0.2) is 0 Å². The Kier molecular flexibility index (Phi) is 10.1. The summed E-state index contributed by atoms with van der Waals surface area (Å²) in [7, 11) is 1.61. The quantitative estimate of drug-likeness (QED) is 0.542. The second-order valence-electron chi connectivity index (χ2n) is 4.01. The Morgan fingerprint density at radius 2 is 2.06 bits per heavy atom. The van der Waals surface area contributed by atoms with Gasteiger partial charge >= 0.3 is 0 Å². The van der Waals surface area contributed by atoms with Crippen molar-refractivity contribution in [3.05, 3.63) is 0 Å². The molecule has 0 rings (SSSR count). The van der Waals surface area contributed by atoms with Crippen LogP contribution in [-0.4, -0.2) is 61.9 Å². The van der Waals surface area contributed by atoms with Crippen LogP contribution in [0.25, 0.3) is 0 Å². The van der Waals surface area contributed by atoms with Gasteiger partial charge in [-0.2, -0.15) is 0 Å². The topological polar surface area (TPSA) is 61.8 Å². The van der Waals surface area contributed by atoms with Crippen LogP contribution in [0.4, 0.5) is 0 Å². The molecule has 0 radical (unpaired) electrons. The average Bonchev–Trinajstić information content (AvgIpc) is 2.31. The molecule has 0 spiro atoms. The Morgan fingerprint density at radius 3 is 2.53 bits per heavy atom. The molecule has 0 aliphatic rings. The fraction of sp³-hybridized carbons (Fsp3) is 0.917. The first-order chi connectivity index (χ1) is 8.19. The van der Waals surface area contributed by atoms with Crippen molar-refractivity contribution in [1.29, 1.82) is 0 Å². The molecule has 0 unspecified atom stereocenters. The van der Waals surface area contributed by atoms with Crippen LogP contribution in [0.3, 0.4) is 0 Å². The largest absolute Gasteiger partial charge is 0.395 e. The molecule has 0 saturated heterocycles. The van der Waals surface area contributed by atoms with Gasteiger partial charge in [0.05, 0.1) is 19.8 Å². The van der Waals surface area contributed by atoms with E-state index in [0.717, 1.165) is 12.8 Å². The summed E-state index contributed by atoms with van der Waals surface area (Å²) >= 11 is 0. The van der Waals surface area contributed by atoms with Gasteiger partial charge in [-0.1, -0.05) is 13.8 Å². The van der Waals surface area contributed by atoms with E-state index in [2.05, 4.69) is 19.2 Å². The van der Waals surface area contributed by atoms with E-state index in [1.165, 1.54) is 0 Å². The van der Waals surface area contributed by atoms with E-state index >= 15 is 0 Å². The summed E-state index contributed by atoms with van der Waals surface area (Å²) in [5.41, 5.74) is 0. The van der Waals surface area contributed by atoms with Gasteiger partial charge in [0.1, 0.15) is 0 Å². The lowest BCUT2D eigenvalue weighted by Crippen LogP contribution is -2.44. The Morgan fingerprint density at radius 1 is 1.41 bits per heavy atom. The molecule has 0 aromatic rings. The van der Waals surface area contributed by atoms with E-state index in [9.17, 15) is 4.79 Å². The molecule has 0 fully saturated rings. The van der Waals surface area contributed by atoms with Gasteiger partial charge in [0, 0.05) is 26.2 Å². The van der Waals surface area contributed by atoms with Crippen LogP contribution >= 0.6 is 0 Å². The lowest BCUT2D eigenvalue weighted by molar-refractivity contribution is -0.123. The number of methoxy groups -OCH3 is 1. The smallest absolute Gasteiger partial charge is 0.234 e. The summed E-state index contributed by atoms with van der Waals surface area (Å²) in [5, 5.41) is 11.8. The number of nitrogens with one attached hydrogen (secondary N) is 1. The van der Waals surface area contributed by atoms with Crippen LogP contribution < -0.4 is 5.32 Å². The molecule has 0 aromatic carbocycles. The zero-order valence-corrected chi connectivity index (χ0v) is 11.2. The normalized spacial score (nSPS) is 11.2. The first kappa shape index (κ1) is 16.4. The molecule has 102 valence electrons. The van der Waals surface area contributed by atoms with Crippen LogP contribution in [0.15, 0.2) is 0 Å². The minimum absolute atomic E-state index is 0.0117. The number of carbonyl (C=O) groups is 1. The van der Waals surface area contributed by atoms with E-state index in [0.29, 0.717) is 32.3 Å². The van der Waals surface area contributed by atoms with Crippen LogP contribution in [0, 0.1) is 0 Å². The monoisotopic (exact) mass is 246 g/mol. The predicted octanol–water partition coefficient (Wildman–Crippen LogP) is 0.232. The van der Waals surface area contributed by atoms with Crippen molar-refractivity contribution in [1.82, 2.24) is 10.2 Å². The predicted molar refractivity (Wildman–Crippen MR) is 67.9 cm³/mol. The number of aliphatic hydroxyl groups excluding tert-OH is 1. The summed E-state index contributed by atoms with van der Waals surface area (Å²) in [5.74, 6) is -0.0117. The highest BCUT2D eigenvalue weighted by molar-refractivity contribution is 5.78. The van der Waals surface area contributed by atoms with Crippen molar-refractivity contribution >= 4 is 5.91 Å². The molecule has 0 aliphatic heterocycles. The summed E-state index contributed by atoms with van der Waals surface area (Å²) in [6.07, 6.45) is 1.98. The molecule has 2 N–H and O–H groups in total. The Bertz CT molecular complexity index is 196. The van der Waals surface area contributed by atoms with E-state index in [1.807, 2.05) is 4.90 Å². The molecule has 0 bridgehead atoms. The Balaban J connectivity index is 4.09. The lowest BCUT2D eigenvalue weighted by Gasteiger charge is -2.29. The van der Waals surface area contributed by atoms with Crippen molar-refractivity contribution in [3.63, 3.8) is 0 Å². The molecule has 17 heavy (non-hydrogen) atoms. The second kappa shape index (κ2) is 10.5. The highest BCUT2D eigenvalue weighted by Crippen LogP contribution is 2.07. The third-order valence-corrected chi connectivity index (χ3v) is 2.82. The zero-order chi connectivity index (χ0) is 13.1. The molecule has 0 heterocycles. The molecule has 1 amide bonds. The fourth-order valence-electron chi connectivity index (χ4n) is 1.86. The second-order valence-corrected chi connectivity index (χ2v) is 4.01. The summed E-state index contributed by atoms with van der Waals surface area (Å²) in [4.78, 5) is 13.7. The number of hydrogen-bond acceptors (Lipinski definition) is 4. The van der Waals surface area contributed by atoms with Crippen molar-refractivity contribution < 1.29 is 14.6 Å². The molecule has 5 heteroatoms. The van der Waals surface area contributed by atoms with Crippen LogP contribution in [-0.2, 0) is 9.53 Å². The lowest BCUT2D eigenvalue weighted by atomic mass is 10.1. The van der Waals surface area contributed by atoms with Gasteiger partial charge in [-0.15, -0.1) is 0 Å². The standard InChI is InChI=1S/C12H26N2O3/c1-4-11(5-2)14(7-8-15)10-12(16)13-6-9-17-3/h11,15H,4-10H2,1-3H3,(H,13,16). The summed E-state index contributed by atoms with van der Waals surface area (Å²) in [6.45, 7) is 6.23. The first-order valence-corrected chi connectivity index (χ1v) is 6.30. The maximum Gasteiger partial charge on any atom is 0.234 e. The Hall–Kier alpha value is -0.650. The zero-order valence-electron chi connectivity index (χ0n) is 11.2.